The number of hydrogen-bond donors (Lipinski definition) is 1. The Bertz CT molecular complexity index is 378. The van der Waals surface area contributed by atoms with Crippen molar-refractivity contribution in [2.24, 2.45) is 0 Å². The molecule has 0 spiro atoms. The highest BCUT2D eigenvalue weighted by Gasteiger charge is 2.32. The monoisotopic (exact) mass is 289 g/mol. The van der Waals surface area contributed by atoms with Crippen molar-refractivity contribution in [3.8, 4) is 0 Å². The van der Waals surface area contributed by atoms with Gasteiger partial charge in [0.15, 0.2) is 0 Å². The maximum atomic E-state index is 9.63. The molecule has 2 rings (SSSR count). The molecular weight excluding hydrogens is 258 g/mol. The first-order valence-corrected chi connectivity index (χ1v) is 8.75. The van der Waals surface area contributed by atoms with Crippen molar-refractivity contribution in [1.29, 1.82) is 0 Å². The van der Waals surface area contributed by atoms with Crippen LogP contribution >= 0.6 is 0 Å². The van der Waals surface area contributed by atoms with Gasteiger partial charge in [-0.1, -0.05) is 69.4 Å². The first-order chi connectivity index (χ1) is 10.3. The van der Waals surface area contributed by atoms with Crippen LogP contribution in [0.15, 0.2) is 30.3 Å². The number of likely N-dealkylation sites (tertiary alicyclic amines) is 1. The third-order valence-corrected chi connectivity index (χ3v) is 4.83. The van der Waals surface area contributed by atoms with Gasteiger partial charge in [-0.05, 0) is 24.8 Å². The largest absolute Gasteiger partial charge is 0.395 e. The van der Waals surface area contributed by atoms with Gasteiger partial charge in [0.25, 0.3) is 0 Å². The molecule has 0 saturated carbocycles. The van der Waals surface area contributed by atoms with E-state index in [0.29, 0.717) is 18.7 Å². The minimum absolute atomic E-state index is 0.305. The molecule has 1 aliphatic rings. The van der Waals surface area contributed by atoms with Crippen molar-refractivity contribution in [2.75, 3.05) is 6.61 Å². The molecule has 0 amide bonds. The second-order valence-electron chi connectivity index (χ2n) is 6.43. The molecular formula is C19H31NO. The minimum atomic E-state index is 0.305. The van der Waals surface area contributed by atoms with Crippen molar-refractivity contribution >= 4 is 0 Å². The maximum Gasteiger partial charge on any atom is 0.0587 e. The average molecular weight is 289 g/mol. The zero-order valence-corrected chi connectivity index (χ0v) is 13.5. The molecule has 21 heavy (non-hydrogen) atoms. The van der Waals surface area contributed by atoms with Crippen LogP contribution in [0.5, 0.6) is 0 Å². The second-order valence-corrected chi connectivity index (χ2v) is 6.43. The number of aliphatic hydroxyl groups is 1. The number of nitrogens with zero attached hydrogens (tertiary/aromatic N) is 1. The number of rotatable bonds is 9. The van der Waals surface area contributed by atoms with Crippen LogP contribution in [-0.4, -0.2) is 28.7 Å². The lowest BCUT2D eigenvalue weighted by Gasteiger charge is -2.29. The van der Waals surface area contributed by atoms with Crippen LogP contribution in [0, 0.1) is 0 Å². The Morgan fingerprint density at radius 2 is 1.71 bits per heavy atom. The molecule has 2 atom stereocenters. The molecule has 1 fully saturated rings. The molecule has 2 nitrogen and oxygen atoms in total. The van der Waals surface area contributed by atoms with Gasteiger partial charge in [0.05, 0.1) is 6.61 Å². The summed E-state index contributed by atoms with van der Waals surface area (Å²) in [5.74, 6) is 0. The molecule has 0 unspecified atom stereocenters. The molecule has 1 heterocycles. The fourth-order valence-corrected chi connectivity index (χ4v) is 3.56. The quantitative estimate of drug-likeness (QED) is 0.682. The van der Waals surface area contributed by atoms with Crippen LogP contribution in [0.1, 0.15) is 63.9 Å². The molecule has 1 aliphatic heterocycles. The summed E-state index contributed by atoms with van der Waals surface area (Å²) < 4.78 is 0. The maximum absolute atomic E-state index is 9.63. The Morgan fingerprint density at radius 3 is 2.43 bits per heavy atom. The number of hydrogen-bond acceptors (Lipinski definition) is 2. The molecule has 1 aromatic rings. The van der Waals surface area contributed by atoms with Crippen LogP contribution in [0.4, 0.5) is 0 Å². The summed E-state index contributed by atoms with van der Waals surface area (Å²) in [6.45, 7) is 3.56. The van der Waals surface area contributed by atoms with E-state index in [9.17, 15) is 5.11 Å². The summed E-state index contributed by atoms with van der Waals surface area (Å²) in [4.78, 5) is 2.55. The highest BCUT2D eigenvalue weighted by Crippen LogP contribution is 2.29. The summed E-state index contributed by atoms with van der Waals surface area (Å²) in [5.41, 5.74) is 1.37. The van der Waals surface area contributed by atoms with E-state index in [1.807, 2.05) is 0 Å². The van der Waals surface area contributed by atoms with Crippen molar-refractivity contribution in [3.05, 3.63) is 35.9 Å². The Balaban J connectivity index is 1.84. The first-order valence-electron chi connectivity index (χ1n) is 8.75. The van der Waals surface area contributed by atoms with E-state index in [1.165, 1.54) is 50.5 Å². The van der Waals surface area contributed by atoms with Gasteiger partial charge >= 0.3 is 0 Å². The van der Waals surface area contributed by atoms with E-state index in [-0.39, 0.29) is 0 Å². The Morgan fingerprint density at radius 1 is 1.00 bits per heavy atom. The molecule has 0 bridgehead atoms. The third-order valence-electron chi connectivity index (χ3n) is 4.83. The van der Waals surface area contributed by atoms with Crippen LogP contribution in [-0.2, 0) is 6.54 Å². The summed E-state index contributed by atoms with van der Waals surface area (Å²) in [6, 6.07) is 11.7. The molecule has 2 heteroatoms. The van der Waals surface area contributed by atoms with Crippen molar-refractivity contribution < 1.29 is 5.11 Å². The predicted molar refractivity (Wildman–Crippen MR) is 89.3 cm³/mol. The molecule has 1 aromatic carbocycles. The van der Waals surface area contributed by atoms with E-state index in [4.69, 9.17) is 0 Å². The first kappa shape index (κ1) is 16.5. The zero-order chi connectivity index (χ0) is 14.9. The molecule has 0 aliphatic carbocycles. The summed E-state index contributed by atoms with van der Waals surface area (Å²) >= 11 is 0. The highest BCUT2D eigenvalue weighted by molar-refractivity contribution is 5.15. The zero-order valence-electron chi connectivity index (χ0n) is 13.5. The fraction of sp³-hybridized carbons (Fsp3) is 0.684. The molecule has 1 saturated heterocycles. The van der Waals surface area contributed by atoms with Crippen LogP contribution in [0.25, 0.3) is 0 Å². The molecule has 118 valence electrons. The lowest BCUT2D eigenvalue weighted by molar-refractivity contribution is 0.117. The van der Waals surface area contributed by atoms with Gasteiger partial charge in [0.2, 0.25) is 0 Å². The lowest BCUT2D eigenvalue weighted by atomic mass is 10.0. The van der Waals surface area contributed by atoms with Crippen LogP contribution in [0.3, 0.4) is 0 Å². The Hall–Kier alpha value is -0.860. The van der Waals surface area contributed by atoms with Crippen LogP contribution < -0.4 is 0 Å². The van der Waals surface area contributed by atoms with Gasteiger partial charge in [-0.3, -0.25) is 4.90 Å². The third kappa shape index (κ3) is 5.12. The van der Waals surface area contributed by atoms with Gasteiger partial charge in [-0.2, -0.15) is 0 Å². The van der Waals surface area contributed by atoms with Gasteiger partial charge in [-0.15, -0.1) is 0 Å². The standard InChI is InChI=1S/C19H31NO/c1-2-3-4-5-9-12-18-13-14-19(16-21)20(18)15-17-10-7-6-8-11-17/h6-8,10-11,18-19,21H,2-5,9,12-16H2,1H3/t18-,19+/m1/s1. The second kappa shape index (κ2) is 9.22. The topological polar surface area (TPSA) is 23.5 Å². The van der Waals surface area contributed by atoms with E-state index in [1.54, 1.807) is 0 Å². The molecule has 1 N–H and O–H groups in total. The number of benzene rings is 1. The summed E-state index contributed by atoms with van der Waals surface area (Å²) in [6.07, 6.45) is 10.5. The average Bonchev–Trinajstić information content (AvgIpc) is 2.90. The SMILES string of the molecule is CCCCCCC[C@@H]1CC[C@@H](CO)N1Cc1ccccc1. The lowest BCUT2D eigenvalue weighted by Crippen LogP contribution is -2.37. The van der Waals surface area contributed by atoms with E-state index >= 15 is 0 Å². The fourth-order valence-electron chi connectivity index (χ4n) is 3.56. The minimum Gasteiger partial charge on any atom is -0.395 e. The van der Waals surface area contributed by atoms with Gasteiger partial charge in [0, 0.05) is 18.6 Å². The molecule has 0 radical (unpaired) electrons. The van der Waals surface area contributed by atoms with E-state index < -0.39 is 0 Å². The Kier molecular flexibility index (Phi) is 7.25. The number of unbranched alkanes of at least 4 members (excludes halogenated alkanes) is 4. The number of aliphatic hydroxyl groups excluding tert-OH is 1. The van der Waals surface area contributed by atoms with E-state index in [0.717, 1.165) is 13.0 Å². The van der Waals surface area contributed by atoms with Crippen molar-refractivity contribution in [3.63, 3.8) is 0 Å². The van der Waals surface area contributed by atoms with Gasteiger partial charge in [0.1, 0.15) is 0 Å². The predicted octanol–water partition coefficient (Wildman–Crippen LogP) is 4.37. The molecule has 0 aromatic heterocycles. The Labute approximate surface area is 130 Å². The summed E-state index contributed by atoms with van der Waals surface area (Å²) in [7, 11) is 0. The van der Waals surface area contributed by atoms with Crippen molar-refractivity contribution in [2.45, 2.75) is 76.9 Å². The van der Waals surface area contributed by atoms with E-state index in [2.05, 4.69) is 42.2 Å². The van der Waals surface area contributed by atoms with Crippen LogP contribution in [0.2, 0.25) is 0 Å². The summed E-state index contributed by atoms with van der Waals surface area (Å²) in [5, 5.41) is 9.63. The van der Waals surface area contributed by atoms with Gasteiger partial charge in [-0.25, -0.2) is 0 Å². The smallest absolute Gasteiger partial charge is 0.0587 e. The van der Waals surface area contributed by atoms with Gasteiger partial charge < -0.3 is 5.11 Å². The van der Waals surface area contributed by atoms with Crippen molar-refractivity contribution in [1.82, 2.24) is 4.90 Å². The normalized spacial score (nSPS) is 22.8. The highest BCUT2D eigenvalue weighted by atomic mass is 16.3.